The standard InChI is InChI=1S/C34H36N2O11/c1-44-32(42)31-29(40)28(39)30(41)33(47-31)46-26-13-12-19(7-6-16-37)17-25(26)36-27(38)14-15-35-34(43)45-18-24-22-10-4-2-8-20(22)21-9-3-5-11-23(21)24/h2-13,17,24,28-31,33,37,39-41H,14-16,18H2,1H3,(H,35,43)(H,36,38)/b7-6+/t28-,29-,30+,31-,33+/m0/s1. The summed E-state index contributed by atoms with van der Waals surface area (Å²) in [5.41, 5.74) is 5.07. The number of nitrogens with one attached hydrogen (secondary N) is 2. The van der Waals surface area contributed by atoms with Gasteiger partial charge in [-0.05, 0) is 39.9 Å². The number of anilines is 1. The summed E-state index contributed by atoms with van der Waals surface area (Å²) in [7, 11) is 1.07. The van der Waals surface area contributed by atoms with Crippen molar-refractivity contribution in [2.45, 2.75) is 43.0 Å². The van der Waals surface area contributed by atoms with Gasteiger partial charge in [0.15, 0.2) is 6.10 Å². The van der Waals surface area contributed by atoms with Gasteiger partial charge in [-0.1, -0.05) is 66.7 Å². The van der Waals surface area contributed by atoms with Gasteiger partial charge >= 0.3 is 12.1 Å². The van der Waals surface area contributed by atoms with E-state index >= 15 is 0 Å². The largest absolute Gasteiger partial charge is 0.467 e. The van der Waals surface area contributed by atoms with Crippen LogP contribution in [0.5, 0.6) is 5.75 Å². The van der Waals surface area contributed by atoms with Gasteiger partial charge in [-0.3, -0.25) is 4.79 Å². The second-order valence-corrected chi connectivity index (χ2v) is 10.9. The number of aliphatic hydroxyl groups is 4. The molecule has 248 valence electrons. The summed E-state index contributed by atoms with van der Waals surface area (Å²) in [6.45, 7) is -0.143. The van der Waals surface area contributed by atoms with E-state index in [2.05, 4.69) is 15.4 Å². The molecule has 0 radical (unpaired) electrons. The number of aliphatic hydroxyl groups excluding tert-OH is 4. The maximum Gasteiger partial charge on any atom is 0.407 e. The number of esters is 1. The van der Waals surface area contributed by atoms with Crippen LogP contribution in [0, 0.1) is 0 Å². The van der Waals surface area contributed by atoms with Crippen LogP contribution in [0.3, 0.4) is 0 Å². The van der Waals surface area contributed by atoms with E-state index in [0.717, 1.165) is 29.4 Å². The van der Waals surface area contributed by atoms with Gasteiger partial charge in [-0.2, -0.15) is 0 Å². The van der Waals surface area contributed by atoms with Crippen molar-refractivity contribution in [1.82, 2.24) is 5.32 Å². The summed E-state index contributed by atoms with van der Waals surface area (Å²) in [6.07, 6.45) is -6.34. The highest BCUT2D eigenvalue weighted by Gasteiger charge is 2.48. The minimum absolute atomic E-state index is 0.000231. The van der Waals surface area contributed by atoms with Gasteiger partial charge in [0.05, 0.1) is 19.4 Å². The number of hydrogen-bond donors (Lipinski definition) is 6. The predicted molar refractivity (Wildman–Crippen MR) is 168 cm³/mol. The second-order valence-electron chi connectivity index (χ2n) is 10.9. The van der Waals surface area contributed by atoms with E-state index in [1.807, 2.05) is 48.5 Å². The highest BCUT2D eigenvalue weighted by atomic mass is 16.7. The fraction of sp³-hybridized carbons (Fsp3) is 0.324. The van der Waals surface area contributed by atoms with Gasteiger partial charge in [0.25, 0.3) is 0 Å². The third kappa shape index (κ3) is 7.62. The van der Waals surface area contributed by atoms with Gasteiger partial charge in [0, 0.05) is 18.9 Å². The minimum Gasteiger partial charge on any atom is -0.467 e. The molecule has 47 heavy (non-hydrogen) atoms. The van der Waals surface area contributed by atoms with Crippen molar-refractivity contribution in [3.63, 3.8) is 0 Å². The summed E-state index contributed by atoms with van der Waals surface area (Å²) in [5, 5.41) is 45.3. The number of alkyl carbamates (subject to hydrolysis) is 1. The topological polar surface area (TPSA) is 193 Å². The van der Waals surface area contributed by atoms with Crippen molar-refractivity contribution >= 4 is 29.7 Å². The number of benzene rings is 3. The second kappa shape index (κ2) is 15.2. The molecule has 1 aliphatic carbocycles. The van der Waals surface area contributed by atoms with Gasteiger partial charge in [0.1, 0.15) is 30.7 Å². The van der Waals surface area contributed by atoms with Crippen LogP contribution in [0.25, 0.3) is 17.2 Å². The molecule has 3 aromatic rings. The average molecular weight is 649 g/mol. The zero-order valence-electron chi connectivity index (χ0n) is 25.4. The van der Waals surface area contributed by atoms with Gasteiger partial charge < -0.3 is 50.0 Å². The molecule has 6 N–H and O–H groups in total. The molecule has 0 spiro atoms. The summed E-state index contributed by atoms with van der Waals surface area (Å²) in [4.78, 5) is 37.5. The zero-order chi connectivity index (χ0) is 33.5. The number of methoxy groups -OCH3 is 1. The van der Waals surface area contributed by atoms with Crippen LogP contribution in [0.1, 0.15) is 29.0 Å². The quantitative estimate of drug-likeness (QED) is 0.166. The Kier molecular flexibility index (Phi) is 10.9. The Labute approximate surface area is 270 Å². The molecule has 2 aliphatic rings. The van der Waals surface area contributed by atoms with Crippen molar-refractivity contribution in [3.05, 3.63) is 89.5 Å². The number of carbonyl (C=O) groups is 3. The van der Waals surface area contributed by atoms with E-state index in [1.54, 1.807) is 12.1 Å². The lowest BCUT2D eigenvalue weighted by molar-refractivity contribution is -0.271. The van der Waals surface area contributed by atoms with Crippen LogP contribution in [-0.2, 0) is 23.8 Å². The van der Waals surface area contributed by atoms with Crippen LogP contribution in [0.2, 0.25) is 0 Å². The Morgan fingerprint density at radius 3 is 2.26 bits per heavy atom. The predicted octanol–water partition coefficient (Wildman–Crippen LogP) is 1.92. The fourth-order valence-electron chi connectivity index (χ4n) is 5.56. The molecule has 13 nitrogen and oxygen atoms in total. The Balaban J connectivity index is 1.19. The molecule has 5 rings (SSSR count). The maximum absolute atomic E-state index is 12.9. The smallest absolute Gasteiger partial charge is 0.407 e. The molecule has 0 bridgehead atoms. The Bertz CT molecular complexity index is 1580. The lowest BCUT2D eigenvalue weighted by Gasteiger charge is -2.39. The van der Waals surface area contributed by atoms with E-state index in [9.17, 15) is 29.7 Å². The lowest BCUT2D eigenvalue weighted by Crippen LogP contribution is -2.61. The molecule has 0 unspecified atom stereocenters. The number of carbonyl (C=O) groups excluding carboxylic acids is 3. The van der Waals surface area contributed by atoms with E-state index in [0.29, 0.717) is 5.56 Å². The first kappa shape index (κ1) is 33.6. The van der Waals surface area contributed by atoms with Crippen molar-refractivity contribution in [3.8, 4) is 16.9 Å². The van der Waals surface area contributed by atoms with Crippen LogP contribution in [0.15, 0.2) is 72.8 Å². The summed E-state index contributed by atoms with van der Waals surface area (Å²) >= 11 is 0. The summed E-state index contributed by atoms with van der Waals surface area (Å²) in [5.74, 6) is -1.61. The number of rotatable bonds is 11. The fourth-order valence-corrected chi connectivity index (χ4v) is 5.56. The SMILES string of the molecule is COC(=O)[C@H]1O[C@@H](Oc2ccc(/C=C/CO)cc2NC(=O)CCNC(=O)OCC2c3ccccc3-c3ccccc32)[C@H](O)[C@@H](O)[C@@H]1O. The molecular weight excluding hydrogens is 612 g/mol. The maximum atomic E-state index is 12.9. The van der Waals surface area contributed by atoms with Gasteiger partial charge in [0.2, 0.25) is 12.2 Å². The Hall–Kier alpha value is -4.79. The summed E-state index contributed by atoms with van der Waals surface area (Å²) < 4.78 is 21.3. The molecule has 5 atom stereocenters. The normalized spacial score (nSPS) is 21.9. The van der Waals surface area contributed by atoms with Crippen molar-refractivity contribution in [1.29, 1.82) is 0 Å². The van der Waals surface area contributed by atoms with Crippen molar-refractivity contribution < 1.29 is 53.8 Å². The highest BCUT2D eigenvalue weighted by Crippen LogP contribution is 2.44. The van der Waals surface area contributed by atoms with Crippen LogP contribution < -0.4 is 15.4 Å². The molecule has 0 aromatic heterocycles. The van der Waals surface area contributed by atoms with Crippen LogP contribution >= 0.6 is 0 Å². The molecule has 3 aromatic carbocycles. The van der Waals surface area contributed by atoms with Gasteiger partial charge in [-0.15, -0.1) is 0 Å². The molecule has 13 heteroatoms. The van der Waals surface area contributed by atoms with Crippen molar-refractivity contribution in [2.24, 2.45) is 0 Å². The van der Waals surface area contributed by atoms with E-state index in [-0.39, 0.29) is 43.5 Å². The number of hydrogen-bond acceptors (Lipinski definition) is 11. The third-order valence-corrected chi connectivity index (χ3v) is 7.90. The number of amides is 2. The summed E-state index contributed by atoms with van der Waals surface area (Å²) in [6, 6.07) is 20.5. The molecule has 1 saturated heterocycles. The molecule has 0 saturated carbocycles. The first-order valence-electron chi connectivity index (χ1n) is 15.0. The zero-order valence-corrected chi connectivity index (χ0v) is 25.4. The molecule has 1 heterocycles. The first-order valence-corrected chi connectivity index (χ1v) is 15.0. The highest BCUT2D eigenvalue weighted by molar-refractivity contribution is 5.93. The van der Waals surface area contributed by atoms with Gasteiger partial charge in [-0.25, -0.2) is 9.59 Å². The molecule has 1 fully saturated rings. The molecule has 1 aliphatic heterocycles. The molecular formula is C34H36N2O11. The lowest BCUT2D eigenvalue weighted by atomic mass is 9.98. The van der Waals surface area contributed by atoms with Crippen molar-refractivity contribution in [2.75, 3.05) is 32.2 Å². The first-order chi connectivity index (χ1) is 22.7. The average Bonchev–Trinajstić information content (AvgIpc) is 3.40. The minimum atomic E-state index is -1.80. The van der Waals surface area contributed by atoms with E-state index in [1.165, 1.54) is 18.2 Å². The Morgan fingerprint density at radius 1 is 0.915 bits per heavy atom. The van der Waals surface area contributed by atoms with E-state index < -0.39 is 48.7 Å². The monoisotopic (exact) mass is 648 g/mol. The molecule has 2 amide bonds. The van der Waals surface area contributed by atoms with E-state index in [4.69, 9.17) is 19.3 Å². The van der Waals surface area contributed by atoms with Crippen LogP contribution in [0.4, 0.5) is 10.5 Å². The number of fused-ring (bicyclic) bond motifs is 3. The number of ether oxygens (including phenoxy) is 4. The third-order valence-electron chi connectivity index (χ3n) is 7.90. The van der Waals surface area contributed by atoms with Crippen LogP contribution in [-0.4, -0.2) is 96.0 Å². The Morgan fingerprint density at radius 2 is 1.60 bits per heavy atom.